The SMILES string of the molecule is CCCCCC(=O)CC1=C(C)C(=O)C2(C)OC(=O)C1(C)C2CC(=O)CCCCC. The molecule has 2 rings (SSSR count). The van der Waals surface area contributed by atoms with Crippen molar-refractivity contribution in [3.05, 3.63) is 11.1 Å². The molecule has 0 N–H and O–H groups in total. The van der Waals surface area contributed by atoms with Gasteiger partial charge < -0.3 is 4.74 Å². The third-order valence-electron chi connectivity index (χ3n) is 6.89. The lowest BCUT2D eigenvalue weighted by Gasteiger charge is -2.40. The molecule has 0 amide bonds. The zero-order valence-electron chi connectivity index (χ0n) is 18.7. The largest absolute Gasteiger partial charge is 0.450 e. The molecule has 0 saturated carbocycles. The Morgan fingerprint density at radius 2 is 1.48 bits per heavy atom. The summed E-state index contributed by atoms with van der Waals surface area (Å²) in [5.41, 5.74) is -1.38. The third-order valence-corrected chi connectivity index (χ3v) is 6.89. The number of rotatable bonds is 12. The summed E-state index contributed by atoms with van der Waals surface area (Å²) in [5.74, 6) is -1.19. The van der Waals surface area contributed by atoms with Crippen LogP contribution in [-0.4, -0.2) is 28.9 Å². The van der Waals surface area contributed by atoms with E-state index in [-0.39, 0.29) is 30.2 Å². The number of hydrogen-bond donors (Lipinski definition) is 0. The van der Waals surface area contributed by atoms with Gasteiger partial charge in [-0.15, -0.1) is 0 Å². The number of ether oxygens (including phenoxy) is 1. The van der Waals surface area contributed by atoms with Crippen LogP contribution in [0, 0.1) is 11.3 Å². The maximum atomic E-state index is 13.1. The van der Waals surface area contributed by atoms with E-state index in [0.717, 1.165) is 38.5 Å². The highest BCUT2D eigenvalue weighted by molar-refractivity contribution is 6.10. The van der Waals surface area contributed by atoms with E-state index in [1.54, 1.807) is 20.8 Å². The average molecular weight is 405 g/mol. The third kappa shape index (κ3) is 4.39. The second kappa shape index (κ2) is 9.36. The first-order chi connectivity index (χ1) is 13.6. The number of esters is 1. The minimum Gasteiger partial charge on any atom is -0.450 e. The highest BCUT2D eigenvalue weighted by Crippen LogP contribution is 2.58. The summed E-state index contributed by atoms with van der Waals surface area (Å²) in [6.45, 7) is 9.24. The molecule has 1 aliphatic heterocycles. The monoisotopic (exact) mass is 404 g/mol. The number of ketones is 3. The number of hydrogen-bond acceptors (Lipinski definition) is 5. The van der Waals surface area contributed by atoms with Crippen LogP contribution in [0.3, 0.4) is 0 Å². The van der Waals surface area contributed by atoms with E-state index in [2.05, 4.69) is 13.8 Å². The first-order valence-electron chi connectivity index (χ1n) is 11.1. The Bertz CT molecular complexity index is 719. The topological polar surface area (TPSA) is 77.5 Å². The molecule has 0 spiro atoms. The first kappa shape index (κ1) is 23.5. The Hall–Kier alpha value is -1.78. The van der Waals surface area contributed by atoms with Gasteiger partial charge in [-0.05, 0) is 44.8 Å². The number of unbranched alkanes of at least 4 members (excludes halogenated alkanes) is 4. The molecular weight excluding hydrogens is 368 g/mol. The molecule has 2 aliphatic rings. The smallest absolute Gasteiger partial charge is 0.317 e. The molecule has 0 aromatic carbocycles. The van der Waals surface area contributed by atoms with Crippen LogP contribution in [-0.2, 0) is 23.9 Å². The number of carbonyl (C=O) groups is 4. The highest BCUT2D eigenvalue weighted by atomic mass is 16.6. The van der Waals surface area contributed by atoms with Crippen molar-refractivity contribution >= 4 is 23.3 Å². The minimum atomic E-state index is -1.31. The summed E-state index contributed by atoms with van der Waals surface area (Å²) < 4.78 is 5.61. The van der Waals surface area contributed by atoms with Crippen molar-refractivity contribution in [1.29, 1.82) is 0 Å². The molecule has 1 fully saturated rings. The summed E-state index contributed by atoms with van der Waals surface area (Å²) in [5, 5.41) is 0. The lowest BCUT2D eigenvalue weighted by molar-refractivity contribution is -0.156. The van der Waals surface area contributed by atoms with Gasteiger partial charge in [0.1, 0.15) is 11.6 Å². The Kier molecular flexibility index (Phi) is 7.58. The molecule has 5 nitrogen and oxygen atoms in total. The summed E-state index contributed by atoms with van der Waals surface area (Å²) in [6.07, 6.45) is 6.76. The zero-order chi connectivity index (χ0) is 21.8. The summed E-state index contributed by atoms with van der Waals surface area (Å²) in [7, 11) is 0. The van der Waals surface area contributed by atoms with Crippen LogP contribution in [0.5, 0.6) is 0 Å². The molecule has 3 atom stereocenters. The van der Waals surface area contributed by atoms with Gasteiger partial charge in [-0.3, -0.25) is 19.2 Å². The Balaban J connectivity index is 2.30. The summed E-state index contributed by atoms with van der Waals surface area (Å²) >= 11 is 0. The van der Waals surface area contributed by atoms with Crippen LogP contribution >= 0.6 is 0 Å². The predicted octanol–water partition coefficient (Wildman–Crippen LogP) is 4.90. The molecule has 0 radical (unpaired) electrons. The van der Waals surface area contributed by atoms with Gasteiger partial charge in [0.15, 0.2) is 5.60 Å². The fourth-order valence-corrected chi connectivity index (χ4v) is 4.97. The van der Waals surface area contributed by atoms with Crippen molar-refractivity contribution in [2.24, 2.45) is 11.3 Å². The molecule has 1 saturated heterocycles. The van der Waals surface area contributed by atoms with Crippen LogP contribution < -0.4 is 0 Å². The van der Waals surface area contributed by atoms with Crippen LogP contribution in [0.1, 0.15) is 98.8 Å². The van der Waals surface area contributed by atoms with Gasteiger partial charge >= 0.3 is 5.97 Å². The Morgan fingerprint density at radius 3 is 2.03 bits per heavy atom. The maximum Gasteiger partial charge on any atom is 0.317 e. The lowest BCUT2D eigenvalue weighted by atomic mass is 9.58. The van der Waals surface area contributed by atoms with Gasteiger partial charge in [0.25, 0.3) is 0 Å². The van der Waals surface area contributed by atoms with E-state index in [0.29, 0.717) is 24.0 Å². The second-order valence-corrected chi connectivity index (χ2v) is 9.06. The van der Waals surface area contributed by atoms with Crippen molar-refractivity contribution in [1.82, 2.24) is 0 Å². The summed E-state index contributed by atoms with van der Waals surface area (Å²) in [4.78, 5) is 51.3. The van der Waals surface area contributed by atoms with E-state index >= 15 is 0 Å². The van der Waals surface area contributed by atoms with Crippen molar-refractivity contribution in [3.63, 3.8) is 0 Å². The van der Waals surface area contributed by atoms with Gasteiger partial charge in [0.2, 0.25) is 5.78 Å². The van der Waals surface area contributed by atoms with Crippen LogP contribution in [0.4, 0.5) is 0 Å². The number of carbonyl (C=O) groups excluding carboxylic acids is 4. The molecule has 3 unspecified atom stereocenters. The molecule has 162 valence electrons. The van der Waals surface area contributed by atoms with E-state index in [9.17, 15) is 19.2 Å². The molecule has 2 bridgehead atoms. The number of fused-ring (bicyclic) bond motifs is 2. The fraction of sp³-hybridized carbons (Fsp3) is 0.750. The van der Waals surface area contributed by atoms with Crippen LogP contribution in [0.25, 0.3) is 0 Å². The maximum absolute atomic E-state index is 13.1. The normalized spacial score (nSPS) is 28.7. The zero-order valence-corrected chi connectivity index (χ0v) is 18.7. The van der Waals surface area contributed by atoms with Gasteiger partial charge in [-0.25, -0.2) is 0 Å². The summed E-state index contributed by atoms with van der Waals surface area (Å²) in [6, 6.07) is 0. The van der Waals surface area contributed by atoms with Crippen molar-refractivity contribution in [2.75, 3.05) is 0 Å². The van der Waals surface area contributed by atoms with E-state index in [1.807, 2.05) is 0 Å². The van der Waals surface area contributed by atoms with Gasteiger partial charge in [-0.2, -0.15) is 0 Å². The second-order valence-electron chi connectivity index (χ2n) is 9.06. The first-order valence-corrected chi connectivity index (χ1v) is 11.1. The predicted molar refractivity (Wildman–Crippen MR) is 111 cm³/mol. The minimum absolute atomic E-state index is 0.0400. The number of Topliss-reactive ketones (excluding diaryl/α,β-unsaturated/α-hetero) is 3. The van der Waals surface area contributed by atoms with Crippen molar-refractivity contribution < 1.29 is 23.9 Å². The lowest BCUT2D eigenvalue weighted by Crippen LogP contribution is -2.50. The van der Waals surface area contributed by atoms with Crippen LogP contribution in [0.2, 0.25) is 0 Å². The van der Waals surface area contributed by atoms with Gasteiger partial charge in [-0.1, -0.05) is 39.5 Å². The van der Waals surface area contributed by atoms with Gasteiger partial charge in [0.05, 0.1) is 5.41 Å². The molecule has 5 heteroatoms. The van der Waals surface area contributed by atoms with Crippen molar-refractivity contribution in [3.8, 4) is 0 Å². The van der Waals surface area contributed by atoms with E-state index in [4.69, 9.17) is 4.74 Å². The van der Waals surface area contributed by atoms with Crippen molar-refractivity contribution in [2.45, 2.75) is 104 Å². The molecule has 0 aromatic heterocycles. The van der Waals surface area contributed by atoms with Gasteiger partial charge in [0, 0.05) is 31.6 Å². The highest BCUT2D eigenvalue weighted by Gasteiger charge is 2.68. The molecule has 29 heavy (non-hydrogen) atoms. The quantitative estimate of drug-likeness (QED) is 0.341. The van der Waals surface area contributed by atoms with Crippen LogP contribution in [0.15, 0.2) is 11.1 Å². The van der Waals surface area contributed by atoms with E-state index in [1.165, 1.54) is 0 Å². The Morgan fingerprint density at radius 1 is 0.931 bits per heavy atom. The Labute approximate surface area is 174 Å². The molecule has 0 aromatic rings. The standard InChI is InChI=1S/C24H36O5/c1-6-8-10-12-17(25)14-19-16(3)21(27)24(5)20(23(19,4)22(28)29-24)15-18(26)13-11-9-7-2/h20H,6-15H2,1-5H3. The fourth-order valence-electron chi connectivity index (χ4n) is 4.97. The molecular formula is C24H36O5. The molecule has 1 aliphatic carbocycles. The van der Waals surface area contributed by atoms with E-state index < -0.39 is 22.9 Å². The molecule has 1 heterocycles. The average Bonchev–Trinajstić information content (AvgIpc) is 2.84.